The summed E-state index contributed by atoms with van der Waals surface area (Å²) in [7, 11) is 0. The maximum Gasteiger partial charge on any atom is 0.173 e. The Bertz CT molecular complexity index is 428. The van der Waals surface area contributed by atoms with E-state index in [1.807, 2.05) is 0 Å². The van der Waals surface area contributed by atoms with E-state index in [9.17, 15) is 0 Å². The highest BCUT2D eigenvalue weighted by Gasteiger charge is 2.00. The summed E-state index contributed by atoms with van der Waals surface area (Å²) in [6.45, 7) is 0. The van der Waals surface area contributed by atoms with Gasteiger partial charge in [0.25, 0.3) is 0 Å². The van der Waals surface area contributed by atoms with Crippen LogP contribution in [0, 0.1) is 0 Å². The highest BCUT2D eigenvalue weighted by atomic mass is 79.9. The number of aromatic nitrogens is 4. The largest absolute Gasteiger partial charge is 0.258 e. The van der Waals surface area contributed by atoms with E-state index in [1.54, 1.807) is 23.3 Å². The predicted molar refractivity (Wildman–Crippen MR) is 51.9 cm³/mol. The van der Waals surface area contributed by atoms with Crippen LogP contribution in [0.5, 0.6) is 0 Å². The third kappa shape index (κ3) is 1.87. The second-order valence-electron chi connectivity index (χ2n) is 2.30. The molecule has 2 rings (SSSR count). The molecular weight excluding hydrogens is 255 g/mol. The number of hydrogen-bond acceptors (Lipinski definition) is 3. The van der Waals surface area contributed by atoms with Gasteiger partial charge < -0.3 is 0 Å². The molecule has 0 unspecified atom stereocenters. The molecule has 0 atom stereocenters. The van der Waals surface area contributed by atoms with E-state index in [0.717, 1.165) is 4.47 Å². The average Bonchev–Trinajstić information content (AvgIpc) is 2.52. The van der Waals surface area contributed by atoms with Gasteiger partial charge in [-0.05, 0) is 15.9 Å². The molecule has 4 nitrogen and oxygen atoms in total. The van der Waals surface area contributed by atoms with Gasteiger partial charge in [0.1, 0.15) is 5.15 Å². The van der Waals surface area contributed by atoms with Gasteiger partial charge in [0, 0.05) is 6.20 Å². The van der Waals surface area contributed by atoms with Crippen molar-refractivity contribution in [3.63, 3.8) is 0 Å². The first kappa shape index (κ1) is 8.65. The molecule has 0 aromatic carbocycles. The maximum absolute atomic E-state index is 5.68. The lowest BCUT2D eigenvalue weighted by molar-refractivity contribution is 0.838. The summed E-state index contributed by atoms with van der Waals surface area (Å²) in [6, 6.07) is 0. The highest BCUT2D eigenvalue weighted by Crippen LogP contribution is 2.11. The van der Waals surface area contributed by atoms with Gasteiger partial charge in [0.2, 0.25) is 0 Å². The van der Waals surface area contributed by atoms with E-state index >= 15 is 0 Å². The number of rotatable bonds is 1. The molecule has 6 heteroatoms. The van der Waals surface area contributed by atoms with E-state index in [4.69, 9.17) is 11.6 Å². The minimum atomic E-state index is 0.351. The molecule has 0 radical (unpaired) electrons. The summed E-state index contributed by atoms with van der Waals surface area (Å²) >= 11 is 8.96. The lowest BCUT2D eigenvalue weighted by atomic mass is 10.6. The minimum Gasteiger partial charge on any atom is -0.258 e. The Morgan fingerprint density at radius 1 is 1.31 bits per heavy atom. The van der Waals surface area contributed by atoms with Crippen LogP contribution in [0.3, 0.4) is 0 Å². The molecule has 0 bridgehead atoms. The molecule has 0 amide bonds. The summed E-state index contributed by atoms with van der Waals surface area (Å²) < 4.78 is 2.47. The third-order valence-corrected chi connectivity index (χ3v) is 1.97. The van der Waals surface area contributed by atoms with E-state index in [0.29, 0.717) is 11.0 Å². The lowest BCUT2D eigenvalue weighted by Crippen LogP contribution is -1.98. The zero-order valence-electron chi connectivity index (χ0n) is 6.35. The van der Waals surface area contributed by atoms with Crippen molar-refractivity contribution in [2.45, 2.75) is 0 Å². The van der Waals surface area contributed by atoms with Crippen LogP contribution in [-0.2, 0) is 0 Å². The molecule has 2 aromatic rings. The first-order chi connectivity index (χ1) is 6.25. The normalized spacial score (nSPS) is 10.3. The van der Waals surface area contributed by atoms with Crippen LogP contribution in [0.1, 0.15) is 0 Å². The van der Waals surface area contributed by atoms with E-state index in [2.05, 4.69) is 31.0 Å². The first-order valence-electron chi connectivity index (χ1n) is 3.44. The van der Waals surface area contributed by atoms with Gasteiger partial charge in [-0.2, -0.15) is 5.10 Å². The van der Waals surface area contributed by atoms with Crippen molar-refractivity contribution in [1.82, 2.24) is 19.7 Å². The Balaban J connectivity index is 2.46. The molecule has 0 N–H and O–H groups in total. The summed E-state index contributed by atoms with van der Waals surface area (Å²) in [5, 5.41) is 4.39. The fraction of sp³-hybridized carbons (Fsp3) is 0. The zero-order chi connectivity index (χ0) is 9.26. The molecule has 0 aliphatic carbocycles. The Hall–Kier alpha value is -0.940. The second kappa shape index (κ2) is 3.43. The first-order valence-corrected chi connectivity index (χ1v) is 4.61. The molecule has 66 valence electrons. The summed E-state index contributed by atoms with van der Waals surface area (Å²) in [5.41, 5.74) is 0. The monoisotopic (exact) mass is 258 g/mol. The van der Waals surface area contributed by atoms with Gasteiger partial charge in [-0.1, -0.05) is 11.6 Å². The maximum atomic E-state index is 5.68. The number of halogens is 2. The zero-order valence-corrected chi connectivity index (χ0v) is 8.70. The Labute approximate surface area is 87.7 Å². The number of nitrogens with zero attached hydrogens (tertiary/aromatic N) is 4. The van der Waals surface area contributed by atoms with Crippen LogP contribution >= 0.6 is 27.5 Å². The smallest absolute Gasteiger partial charge is 0.173 e. The third-order valence-electron chi connectivity index (χ3n) is 1.38. The predicted octanol–water partition coefficient (Wildman–Crippen LogP) is 2.08. The molecule has 0 saturated heterocycles. The van der Waals surface area contributed by atoms with Crippen molar-refractivity contribution in [2.24, 2.45) is 0 Å². The summed E-state index contributed by atoms with van der Waals surface area (Å²) in [4.78, 5) is 7.94. The van der Waals surface area contributed by atoms with Crippen LogP contribution < -0.4 is 0 Å². The summed E-state index contributed by atoms with van der Waals surface area (Å²) in [6.07, 6.45) is 6.51. The standard InChI is InChI=1S/C7H4BrClN4/c8-5-1-11-13(4-5)7-3-10-2-6(9)12-7/h1-4H. The fourth-order valence-corrected chi connectivity index (χ4v) is 1.30. The van der Waals surface area contributed by atoms with Gasteiger partial charge >= 0.3 is 0 Å². The molecule has 0 aliphatic heterocycles. The van der Waals surface area contributed by atoms with Crippen molar-refractivity contribution in [3.8, 4) is 5.82 Å². The fourth-order valence-electron chi connectivity index (χ4n) is 0.869. The number of hydrogen-bond donors (Lipinski definition) is 0. The quantitative estimate of drug-likeness (QED) is 0.787. The Morgan fingerprint density at radius 2 is 2.15 bits per heavy atom. The van der Waals surface area contributed by atoms with Gasteiger partial charge in [-0.25, -0.2) is 9.67 Å². The average molecular weight is 259 g/mol. The summed E-state index contributed by atoms with van der Waals surface area (Å²) in [5.74, 6) is 0.596. The molecular formula is C7H4BrClN4. The van der Waals surface area contributed by atoms with Gasteiger partial charge in [-0.15, -0.1) is 0 Å². The van der Waals surface area contributed by atoms with E-state index < -0.39 is 0 Å². The van der Waals surface area contributed by atoms with Gasteiger partial charge in [0.15, 0.2) is 5.82 Å². The van der Waals surface area contributed by atoms with E-state index in [-0.39, 0.29) is 0 Å². The topological polar surface area (TPSA) is 43.6 Å². The van der Waals surface area contributed by atoms with E-state index in [1.165, 1.54) is 6.20 Å². The second-order valence-corrected chi connectivity index (χ2v) is 3.61. The van der Waals surface area contributed by atoms with Crippen molar-refractivity contribution in [1.29, 1.82) is 0 Å². The molecule has 0 fully saturated rings. The molecule has 2 aromatic heterocycles. The Morgan fingerprint density at radius 3 is 2.77 bits per heavy atom. The van der Waals surface area contributed by atoms with Gasteiger partial charge in [0.05, 0.1) is 23.1 Å². The van der Waals surface area contributed by atoms with Crippen molar-refractivity contribution in [3.05, 3.63) is 34.4 Å². The van der Waals surface area contributed by atoms with Crippen LogP contribution in [0.15, 0.2) is 29.3 Å². The van der Waals surface area contributed by atoms with Crippen LogP contribution in [0.4, 0.5) is 0 Å². The minimum absolute atomic E-state index is 0.351. The molecule has 2 heterocycles. The van der Waals surface area contributed by atoms with Crippen molar-refractivity contribution < 1.29 is 0 Å². The van der Waals surface area contributed by atoms with Crippen LogP contribution in [0.2, 0.25) is 5.15 Å². The molecule has 0 spiro atoms. The SMILES string of the molecule is Clc1cncc(-n2cc(Br)cn2)n1. The Kier molecular flexibility index (Phi) is 2.28. The van der Waals surface area contributed by atoms with Gasteiger partial charge in [-0.3, -0.25) is 4.98 Å². The molecule has 13 heavy (non-hydrogen) atoms. The molecule has 0 saturated carbocycles. The van der Waals surface area contributed by atoms with Crippen LogP contribution in [0.25, 0.3) is 5.82 Å². The van der Waals surface area contributed by atoms with Crippen LogP contribution in [-0.4, -0.2) is 19.7 Å². The highest BCUT2D eigenvalue weighted by molar-refractivity contribution is 9.10. The van der Waals surface area contributed by atoms with Crippen molar-refractivity contribution >= 4 is 27.5 Å². The van der Waals surface area contributed by atoms with Crippen molar-refractivity contribution in [2.75, 3.05) is 0 Å². The lowest BCUT2D eigenvalue weighted by Gasteiger charge is -1.97. The molecule has 0 aliphatic rings.